The largest absolute Gasteiger partial charge is 0.495 e. The van der Waals surface area contributed by atoms with E-state index in [4.69, 9.17) is 4.74 Å². The third kappa shape index (κ3) is 1.63. The molecule has 1 aromatic rings. The second kappa shape index (κ2) is 3.58. The Balaban J connectivity index is 3.23. The zero-order chi connectivity index (χ0) is 8.27. The molecule has 0 aliphatic rings. The standard InChI is InChI=1S/C9H9BrO/c1-3-7-5-4-6-8(10)9(7)11-2/h3-6H,1H2,2H3. The van der Waals surface area contributed by atoms with Crippen molar-refractivity contribution in [2.24, 2.45) is 0 Å². The zero-order valence-electron chi connectivity index (χ0n) is 6.30. The molecule has 0 saturated heterocycles. The fraction of sp³-hybridized carbons (Fsp3) is 0.111. The number of hydrogen-bond acceptors (Lipinski definition) is 1. The quantitative estimate of drug-likeness (QED) is 0.733. The predicted molar refractivity (Wildman–Crippen MR) is 50.8 cm³/mol. The van der Waals surface area contributed by atoms with Crippen molar-refractivity contribution < 1.29 is 4.74 Å². The van der Waals surface area contributed by atoms with E-state index in [9.17, 15) is 0 Å². The van der Waals surface area contributed by atoms with Gasteiger partial charge in [0, 0.05) is 5.56 Å². The van der Waals surface area contributed by atoms with Crippen LogP contribution in [0, 0.1) is 0 Å². The van der Waals surface area contributed by atoms with Gasteiger partial charge in [0.15, 0.2) is 0 Å². The summed E-state index contributed by atoms with van der Waals surface area (Å²) in [6.45, 7) is 3.68. The molecule has 1 nitrogen and oxygen atoms in total. The SMILES string of the molecule is C=Cc1cccc(Br)c1OC. The molecule has 0 aliphatic carbocycles. The summed E-state index contributed by atoms with van der Waals surface area (Å²) in [6.07, 6.45) is 1.77. The maximum absolute atomic E-state index is 5.15. The minimum absolute atomic E-state index is 0.836. The first kappa shape index (κ1) is 8.34. The van der Waals surface area contributed by atoms with Crippen molar-refractivity contribution in [2.45, 2.75) is 0 Å². The van der Waals surface area contributed by atoms with Crippen molar-refractivity contribution in [1.82, 2.24) is 0 Å². The zero-order valence-corrected chi connectivity index (χ0v) is 7.89. The highest BCUT2D eigenvalue weighted by Crippen LogP contribution is 2.28. The number of methoxy groups -OCH3 is 1. The predicted octanol–water partition coefficient (Wildman–Crippen LogP) is 3.10. The van der Waals surface area contributed by atoms with Crippen molar-refractivity contribution in [3.05, 3.63) is 34.8 Å². The van der Waals surface area contributed by atoms with Crippen LogP contribution in [0.3, 0.4) is 0 Å². The summed E-state index contributed by atoms with van der Waals surface area (Å²) in [7, 11) is 1.65. The van der Waals surface area contributed by atoms with E-state index in [1.165, 1.54) is 0 Å². The molecule has 0 atom stereocenters. The van der Waals surface area contributed by atoms with Gasteiger partial charge in [0.25, 0.3) is 0 Å². The molecule has 58 valence electrons. The summed E-state index contributed by atoms with van der Waals surface area (Å²) >= 11 is 3.38. The smallest absolute Gasteiger partial charge is 0.140 e. The van der Waals surface area contributed by atoms with E-state index in [1.807, 2.05) is 18.2 Å². The second-order valence-corrected chi connectivity index (χ2v) is 2.92. The molecule has 0 fully saturated rings. The molecule has 1 aromatic carbocycles. The average Bonchev–Trinajstić information content (AvgIpc) is 2.04. The van der Waals surface area contributed by atoms with Crippen molar-refractivity contribution in [3.63, 3.8) is 0 Å². The molecule has 0 bridgehead atoms. The second-order valence-electron chi connectivity index (χ2n) is 2.07. The highest BCUT2D eigenvalue weighted by Gasteiger charge is 2.01. The van der Waals surface area contributed by atoms with E-state index >= 15 is 0 Å². The van der Waals surface area contributed by atoms with Crippen LogP contribution >= 0.6 is 15.9 Å². The molecule has 0 unspecified atom stereocenters. The molecule has 2 heteroatoms. The van der Waals surface area contributed by atoms with E-state index in [0.717, 1.165) is 15.8 Å². The van der Waals surface area contributed by atoms with Gasteiger partial charge in [-0.15, -0.1) is 0 Å². The summed E-state index contributed by atoms with van der Waals surface area (Å²) in [5, 5.41) is 0. The van der Waals surface area contributed by atoms with Gasteiger partial charge in [0.2, 0.25) is 0 Å². The first-order valence-electron chi connectivity index (χ1n) is 3.24. The van der Waals surface area contributed by atoms with Crippen molar-refractivity contribution in [1.29, 1.82) is 0 Å². The monoisotopic (exact) mass is 212 g/mol. The minimum Gasteiger partial charge on any atom is -0.495 e. The topological polar surface area (TPSA) is 9.23 Å². The van der Waals surface area contributed by atoms with E-state index in [2.05, 4.69) is 22.5 Å². The highest BCUT2D eigenvalue weighted by molar-refractivity contribution is 9.10. The van der Waals surface area contributed by atoms with Crippen LogP contribution < -0.4 is 4.74 Å². The Bertz CT molecular complexity index is 268. The number of benzene rings is 1. The van der Waals surface area contributed by atoms with Crippen LogP contribution in [0.15, 0.2) is 29.3 Å². The molecule has 0 amide bonds. The molecule has 1 rings (SSSR count). The summed E-state index contributed by atoms with van der Waals surface area (Å²) in [6, 6.07) is 5.84. The lowest BCUT2D eigenvalue weighted by Gasteiger charge is -2.05. The van der Waals surface area contributed by atoms with Gasteiger partial charge in [-0.25, -0.2) is 0 Å². The van der Waals surface area contributed by atoms with Crippen LogP contribution in [-0.4, -0.2) is 7.11 Å². The number of rotatable bonds is 2. The summed E-state index contributed by atoms with van der Waals surface area (Å²) in [5.41, 5.74) is 1.00. The molecule has 0 saturated carbocycles. The molecule has 0 aromatic heterocycles. The van der Waals surface area contributed by atoms with Crippen molar-refractivity contribution in [2.75, 3.05) is 7.11 Å². The lowest BCUT2D eigenvalue weighted by atomic mass is 10.2. The molecule has 0 heterocycles. The van der Waals surface area contributed by atoms with E-state index < -0.39 is 0 Å². The Morgan fingerprint density at radius 2 is 2.27 bits per heavy atom. The molecular weight excluding hydrogens is 204 g/mol. The number of ether oxygens (including phenoxy) is 1. The van der Waals surface area contributed by atoms with Crippen LogP contribution in [-0.2, 0) is 0 Å². The van der Waals surface area contributed by atoms with Crippen LogP contribution in [0.2, 0.25) is 0 Å². The van der Waals surface area contributed by atoms with Gasteiger partial charge >= 0.3 is 0 Å². The number of halogens is 1. The molecule has 0 radical (unpaired) electrons. The van der Waals surface area contributed by atoms with Gasteiger partial charge in [-0.3, -0.25) is 0 Å². The van der Waals surface area contributed by atoms with Gasteiger partial charge in [0.1, 0.15) is 5.75 Å². The summed E-state index contributed by atoms with van der Waals surface area (Å²) in [5.74, 6) is 0.836. The molecule has 11 heavy (non-hydrogen) atoms. The lowest BCUT2D eigenvalue weighted by Crippen LogP contribution is -1.87. The van der Waals surface area contributed by atoms with Gasteiger partial charge < -0.3 is 4.74 Å². The van der Waals surface area contributed by atoms with Crippen molar-refractivity contribution in [3.8, 4) is 5.75 Å². The third-order valence-corrected chi connectivity index (χ3v) is 2.05. The van der Waals surface area contributed by atoms with E-state index in [0.29, 0.717) is 0 Å². The Hall–Kier alpha value is -0.760. The average molecular weight is 213 g/mol. The normalized spacial score (nSPS) is 9.27. The van der Waals surface area contributed by atoms with Crippen LogP contribution in [0.1, 0.15) is 5.56 Å². The molecule has 0 N–H and O–H groups in total. The minimum atomic E-state index is 0.836. The number of hydrogen-bond donors (Lipinski definition) is 0. The van der Waals surface area contributed by atoms with Gasteiger partial charge in [-0.05, 0) is 22.0 Å². The van der Waals surface area contributed by atoms with Gasteiger partial charge in [-0.2, -0.15) is 0 Å². The summed E-state index contributed by atoms with van der Waals surface area (Å²) in [4.78, 5) is 0. The molecule has 0 aliphatic heterocycles. The molecular formula is C9H9BrO. The number of para-hydroxylation sites is 1. The lowest BCUT2D eigenvalue weighted by molar-refractivity contribution is 0.411. The van der Waals surface area contributed by atoms with Crippen LogP contribution in [0.25, 0.3) is 6.08 Å². The van der Waals surface area contributed by atoms with Gasteiger partial charge in [0.05, 0.1) is 11.6 Å². The highest BCUT2D eigenvalue weighted by atomic mass is 79.9. The van der Waals surface area contributed by atoms with Crippen LogP contribution in [0.4, 0.5) is 0 Å². The Morgan fingerprint density at radius 1 is 1.55 bits per heavy atom. The van der Waals surface area contributed by atoms with Crippen molar-refractivity contribution >= 4 is 22.0 Å². The fourth-order valence-electron chi connectivity index (χ4n) is 0.902. The summed E-state index contributed by atoms with van der Waals surface area (Å²) < 4.78 is 6.10. The molecule has 0 spiro atoms. The first-order chi connectivity index (χ1) is 5.29. The Kier molecular flexibility index (Phi) is 2.71. The first-order valence-corrected chi connectivity index (χ1v) is 4.04. The van der Waals surface area contributed by atoms with E-state index in [1.54, 1.807) is 13.2 Å². The maximum Gasteiger partial charge on any atom is 0.140 e. The third-order valence-electron chi connectivity index (χ3n) is 1.42. The Labute approximate surface area is 74.8 Å². The Morgan fingerprint density at radius 3 is 2.73 bits per heavy atom. The van der Waals surface area contributed by atoms with E-state index in [-0.39, 0.29) is 0 Å². The fourth-order valence-corrected chi connectivity index (χ4v) is 1.45. The van der Waals surface area contributed by atoms with Gasteiger partial charge in [-0.1, -0.05) is 24.8 Å². The van der Waals surface area contributed by atoms with Crippen LogP contribution in [0.5, 0.6) is 5.75 Å². The maximum atomic E-state index is 5.15.